The van der Waals surface area contributed by atoms with Crippen LogP contribution < -0.4 is 5.32 Å². The molecular formula is C13H22N4O2. The molecule has 1 fully saturated rings. The Morgan fingerprint density at radius 2 is 2.16 bits per heavy atom. The predicted octanol–water partition coefficient (Wildman–Crippen LogP) is 3.05. The highest BCUT2D eigenvalue weighted by molar-refractivity contribution is 5.60. The van der Waals surface area contributed by atoms with Crippen LogP contribution in [0.15, 0.2) is 0 Å². The molecule has 0 unspecified atom stereocenters. The van der Waals surface area contributed by atoms with Crippen molar-refractivity contribution in [2.24, 2.45) is 12.5 Å². The van der Waals surface area contributed by atoms with E-state index in [1.54, 1.807) is 11.7 Å². The summed E-state index contributed by atoms with van der Waals surface area (Å²) >= 11 is 0. The molecule has 0 radical (unpaired) electrons. The van der Waals surface area contributed by atoms with E-state index < -0.39 is 0 Å². The highest BCUT2D eigenvalue weighted by Gasteiger charge is 2.34. The number of rotatable bonds is 5. The van der Waals surface area contributed by atoms with Gasteiger partial charge in [0.2, 0.25) is 5.82 Å². The molecule has 106 valence electrons. The van der Waals surface area contributed by atoms with Gasteiger partial charge < -0.3 is 5.32 Å². The van der Waals surface area contributed by atoms with Crippen LogP contribution in [0.3, 0.4) is 0 Å². The van der Waals surface area contributed by atoms with Crippen molar-refractivity contribution in [1.82, 2.24) is 9.78 Å². The lowest BCUT2D eigenvalue weighted by Gasteiger charge is -2.38. The standard InChI is InChI=1S/C13H22N4O2/c1-9(2)10-11(17(18)19)12(16(4)15-10)14-8-13(3)6-5-7-13/h9,14H,5-8H2,1-4H3. The van der Waals surface area contributed by atoms with Crippen LogP contribution in [0.2, 0.25) is 0 Å². The van der Waals surface area contributed by atoms with Gasteiger partial charge in [0.05, 0.1) is 4.92 Å². The van der Waals surface area contributed by atoms with E-state index in [9.17, 15) is 10.1 Å². The Balaban J connectivity index is 2.25. The molecule has 0 bridgehead atoms. The molecule has 6 heteroatoms. The molecule has 0 saturated heterocycles. The molecule has 0 aliphatic heterocycles. The molecule has 1 aromatic rings. The van der Waals surface area contributed by atoms with Crippen molar-refractivity contribution < 1.29 is 4.92 Å². The van der Waals surface area contributed by atoms with Gasteiger partial charge in [0.15, 0.2) is 0 Å². The van der Waals surface area contributed by atoms with Gasteiger partial charge in [-0.05, 0) is 18.3 Å². The zero-order chi connectivity index (χ0) is 14.2. The fourth-order valence-electron chi connectivity index (χ4n) is 2.55. The van der Waals surface area contributed by atoms with Gasteiger partial charge in [-0.1, -0.05) is 27.2 Å². The third kappa shape index (κ3) is 2.57. The number of nitro groups is 1. The topological polar surface area (TPSA) is 73.0 Å². The third-order valence-corrected chi connectivity index (χ3v) is 4.02. The zero-order valence-electron chi connectivity index (χ0n) is 12.1. The Morgan fingerprint density at radius 3 is 2.58 bits per heavy atom. The van der Waals surface area contributed by atoms with E-state index in [4.69, 9.17) is 0 Å². The summed E-state index contributed by atoms with van der Waals surface area (Å²) in [5.41, 5.74) is 0.949. The maximum Gasteiger partial charge on any atom is 0.334 e. The monoisotopic (exact) mass is 266 g/mol. The molecule has 1 heterocycles. The molecule has 19 heavy (non-hydrogen) atoms. The van der Waals surface area contributed by atoms with Crippen molar-refractivity contribution in [2.45, 2.75) is 46.0 Å². The Labute approximate surface area is 113 Å². The second-order valence-electron chi connectivity index (χ2n) is 6.14. The van der Waals surface area contributed by atoms with Crippen LogP contribution in [0.5, 0.6) is 0 Å². The molecular weight excluding hydrogens is 244 g/mol. The number of hydrogen-bond donors (Lipinski definition) is 1. The molecule has 1 aromatic heterocycles. The Hall–Kier alpha value is -1.59. The number of nitrogens with zero attached hydrogens (tertiary/aromatic N) is 3. The van der Waals surface area contributed by atoms with Gasteiger partial charge in [-0.25, -0.2) is 4.68 Å². The smallest absolute Gasteiger partial charge is 0.334 e. The average Bonchev–Trinajstić information content (AvgIpc) is 2.61. The summed E-state index contributed by atoms with van der Waals surface area (Å²) in [4.78, 5) is 11.0. The van der Waals surface area contributed by atoms with E-state index in [1.807, 2.05) is 13.8 Å². The lowest BCUT2D eigenvalue weighted by molar-refractivity contribution is -0.384. The van der Waals surface area contributed by atoms with Crippen LogP contribution >= 0.6 is 0 Å². The zero-order valence-corrected chi connectivity index (χ0v) is 12.1. The van der Waals surface area contributed by atoms with E-state index >= 15 is 0 Å². The summed E-state index contributed by atoms with van der Waals surface area (Å²) in [6.07, 6.45) is 3.62. The first-order valence-electron chi connectivity index (χ1n) is 6.79. The molecule has 0 aromatic carbocycles. The lowest BCUT2D eigenvalue weighted by atomic mass is 9.70. The molecule has 2 rings (SSSR count). The fourth-order valence-corrected chi connectivity index (χ4v) is 2.55. The second kappa shape index (κ2) is 4.83. The number of aryl methyl sites for hydroxylation is 1. The summed E-state index contributed by atoms with van der Waals surface area (Å²) in [6.45, 7) is 6.83. The number of anilines is 1. The van der Waals surface area contributed by atoms with Gasteiger partial charge >= 0.3 is 5.69 Å². The first-order chi connectivity index (χ1) is 8.84. The summed E-state index contributed by atoms with van der Waals surface area (Å²) in [5.74, 6) is 0.572. The average molecular weight is 266 g/mol. The SMILES string of the molecule is CC(C)c1nn(C)c(NCC2(C)CCC2)c1[N+](=O)[O-]. The largest absolute Gasteiger partial charge is 0.364 e. The highest BCUT2D eigenvalue weighted by Crippen LogP contribution is 2.41. The van der Waals surface area contributed by atoms with Crippen LogP contribution in [0.1, 0.15) is 51.6 Å². The molecule has 1 aliphatic rings. The van der Waals surface area contributed by atoms with Crippen molar-refractivity contribution in [1.29, 1.82) is 0 Å². The van der Waals surface area contributed by atoms with Gasteiger partial charge in [0.1, 0.15) is 5.69 Å². The van der Waals surface area contributed by atoms with Crippen molar-refractivity contribution >= 4 is 11.5 Å². The Kier molecular flexibility index (Phi) is 3.52. The Bertz CT molecular complexity index is 489. The van der Waals surface area contributed by atoms with Gasteiger partial charge in [0, 0.05) is 19.5 Å². The Morgan fingerprint density at radius 1 is 1.53 bits per heavy atom. The van der Waals surface area contributed by atoms with Gasteiger partial charge in [-0.3, -0.25) is 10.1 Å². The quantitative estimate of drug-likeness (QED) is 0.656. The van der Waals surface area contributed by atoms with Gasteiger partial charge in [-0.15, -0.1) is 0 Å². The van der Waals surface area contributed by atoms with E-state index in [1.165, 1.54) is 19.3 Å². The minimum atomic E-state index is -0.326. The van der Waals surface area contributed by atoms with Gasteiger partial charge in [0.25, 0.3) is 0 Å². The molecule has 0 spiro atoms. The maximum atomic E-state index is 11.3. The summed E-state index contributed by atoms with van der Waals surface area (Å²) in [6, 6.07) is 0. The van der Waals surface area contributed by atoms with Crippen molar-refractivity contribution in [3.05, 3.63) is 15.8 Å². The van der Waals surface area contributed by atoms with E-state index in [0.717, 1.165) is 6.54 Å². The lowest BCUT2D eigenvalue weighted by Crippen LogP contribution is -2.33. The number of nitrogens with one attached hydrogen (secondary N) is 1. The van der Waals surface area contributed by atoms with Gasteiger partial charge in [-0.2, -0.15) is 5.10 Å². The normalized spacial score (nSPS) is 17.3. The van der Waals surface area contributed by atoms with Crippen molar-refractivity contribution in [3.8, 4) is 0 Å². The van der Waals surface area contributed by atoms with Crippen LogP contribution in [0.4, 0.5) is 11.5 Å². The first kappa shape index (κ1) is 13.8. The summed E-state index contributed by atoms with van der Waals surface area (Å²) < 4.78 is 1.59. The second-order valence-corrected chi connectivity index (χ2v) is 6.14. The van der Waals surface area contributed by atoms with E-state index in [-0.39, 0.29) is 21.9 Å². The molecule has 6 nitrogen and oxygen atoms in total. The fraction of sp³-hybridized carbons (Fsp3) is 0.769. The van der Waals surface area contributed by atoms with Crippen LogP contribution in [-0.4, -0.2) is 21.2 Å². The predicted molar refractivity (Wildman–Crippen MR) is 74.4 cm³/mol. The molecule has 1 N–H and O–H groups in total. The van der Waals surface area contributed by atoms with E-state index in [2.05, 4.69) is 17.3 Å². The molecule has 0 amide bonds. The highest BCUT2D eigenvalue weighted by atomic mass is 16.6. The minimum Gasteiger partial charge on any atom is -0.364 e. The van der Waals surface area contributed by atoms with Crippen molar-refractivity contribution in [2.75, 3.05) is 11.9 Å². The third-order valence-electron chi connectivity index (χ3n) is 4.02. The molecule has 1 saturated carbocycles. The molecule has 1 aliphatic carbocycles. The summed E-state index contributed by atoms with van der Waals surface area (Å²) in [5, 5.41) is 18.8. The van der Waals surface area contributed by atoms with E-state index in [0.29, 0.717) is 11.5 Å². The summed E-state index contributed by atoms with van der Waals surface area (Å²) in [7, 11) is 1.75. The first-order valence-corrected chi connectivity index (χ1v) is 6.79. The van der Waals surface area contributed by atoms with Crippen LogP contribution in [0, 0.1) is 15.5 Å². The van der Waals surface area contributed by atoms with Crippen LogP contribution in [-0.2, 0) is 7.05 Å². The maximum absolute atomic E-state index is 11.3. The minimum absolute atomic E-state index is 0.0430. The van der Waals surface area contributed by atoms with Crippen LogP contribution in [0.25, 0.3) is 0 Å². The number of aromatic nitrogens is 2. The molecule has 0 atom stereocenters. The number of hydrogen-bond acceptors (Lipinski definition) is 4. The van der Waals surface area contributed by atoms with Crippen molar-refractivity contribution in [3.63, 3.8) is 0 Å².